The van der Waals surface area contributed by atoms with Crippen LogP contribution in [0.4, 0.5) is 0 Å². The van der Waals surface area contributed by atoms with Gasteiger partial charge in [0.05, 0.1) is 6.21 Å². The van der Waals surface area contributed by atoms with Crippen LogP contribution < -0.4 is 10.2 Å². The zero-order valence-corrected chi connectivity index (χ0v) is 18.6. The van der Waals surface area contributed by atoms with Crippen LogP contribution in [-0.2, 0) is 20.3 Å². The molecule has 1 aromatic heterocycles. The molecule has 0 saturated carbocycles. The van der Waals surface area contributed by atoms with Crippen molar-refractivity contribution in [3.8, 4) is 5.75 Å². The first-order valence-electron chi connectivity index (χ1n) is 9.39. The van der Waals surface area contributed by atoms with Gasteiger partial charge in [0.25, 0.3) is 5.91 Å². The lowest BCUT2D eigenvalue weighted by molar-refractivity contribution is -0.123. The summed E-state index contributed by atoms with van der Waals surface area (Å²) in [7, 11) is -4.42. The number of benzene rings is 1. The highest BCUT2D eigenvalue weighted by molar-refractivity contribution is 7.85. The van der Waals surface area contributed by atoms with Crippen molar-refractivity contribution in [2.45, 2.75) is 51.5 Å². The van der Waals surface area contributed by atoms with Crippen LogP contribution in [0.15, 0.2) is 51.0 Å². The minimum absolute atomic E-state index is 0.0178. The minimum Gasteiger partial charge on any atom is -0.484 e. The Hall–Kier alpha value is -2.65. The molecular formula is C21H28N2O6S. The third-order valence-electron chi connectivity index (χ3n) is 4.22. The molecule has 2 rings (SSSR count). The Bertz CT molecular complexity index is 999. The molecule has 1 aromatic carbocycles. The van der Waals surface area contributed by atoms with Gasteiger partial charge in [0.15, 0.2) is 6.61 Å². The molecule has 0 atom stereocenters. The number of carbonyl (C=O) groups is 1. The highest BCUT2D eigenvalue weighted by Crippen LogP contribution is 2.36. The summed E-state index contributed by atoms with van der Waals surface area (Å²) in [6.45, 7) is 10.8. The lowest BCUT2D eigenvalue weighted by Crippen LogP contribution is -2.25. The summed E-state index contributed by atoms with van der Waals surface area (Å²) in [5, 5.41) is 3.05. The van der Waals surface area contributed by atoms with Crippen molar-refractivity contribution in [3.05, 3.63) is 47.7 Å². The summed E-state index contributed by atoms with van der Waals surface area (Å²) in [5.41, 5.74) is 3.67. The van der Waals surface area contributed by atoms with Gasteiger partial charge in [-0.2, -0.15) is 13.5 Å². The maximum Gasteiger partial charge on any atom is 0.328 e. The molecule has 0 bridgehead atoms. The molecule has 30 heavy (non-hydrogen) atoms. The van der Waals surface area contributed by atoms with E-state index in [1.54, 1.807) is 0 Å². The van der Waals surface area contributed by atoms with Crippen LogP contribution in [-0.4, -0.2) is 31.7 Å². The number of carbonyl (C=O) groups excluding carboxylic acids is 1. The number of ether oxygens (including phenoxy) is 1. The number of hydrazone groups is 1. The highest BCUT2D eigenvalue weighted by atomic mass is 32.2. The van der Waals surface area contributed by atoms with Crippen molar-refractivity contribution < 1.29 is 26.9 Å². The molecule has 9 heteroatoms. The third-order valence-corrected chi connectivity index (χ3v) is 4.94. The van der Waals surface area contributed by atoms with Gasteiger partial charge in [-0.3, -0.25) is 9.35 Å². The second kappa shape index (κ2) is 9.01. The highest BCUT2D eigenvalue weighted by Gasteiger charge is 2.27. The second-order valence-corrected chi connectivity index (χ2v) is 10.2. The second-order valence-electron chi connectivity index (χ2n) is 8.86. The predicted molar refractivity (Wildman–Crippen MR) is 113 cm³/mol. The number of amides is 1. The van der Waals surface area contributed by atoms with Gasteiger partial charge < -0.3 is 9.15 Å². The van der Waals surface area contributed by atoms with E-state index >= 15 is 0 Å². The maximum atomic E-state index is 11.8. The van der Waals surface area contributed by atoms with E-state index in [2.05, 4.69) is 45.1 Å². The van der Waals surface area contributed by atoms with E-state index < -0.39 is 21.1 Å². The van der Waals surface area contributed by atoms with Crippen LogP contribution in [0.2, 0.25) is 0 Å². The van der Waals surface area contributed by atoms with Gasteiger partial charge in [0, 0.05) is 0 Å². The number of hydrogen-bond donors (Lipinski definition) is 2. The monoisotopic (exact) mass is 436 g/mol. The summed E-state index contributed by atoms with van der Waals surface area (Å²) in [6, 6.07) is 10.0. The van der Waals surface area contributed by atoms with Crippen LogP contribution in [0.3, 0.4) is 0 Å². The Labute approximate surface area is 177 Å². The lowest BCUT2D eigenvalue weighted by atomic mass is 9.72. The normalized spacial score (nSPS) is 12.9. The molecule has 164 valence electrons. The van der Waals surface area contributed by atoms with Crippen LogP contribution in [0.1, 0.15) is 52.4 Å². The van der Waals surface area contributed by atoms with E-state index in [0.29, 0.717) is 5.75 Å². The standard InChI is InChI=1S/C21H28N2O6S/c1-20(2,3)14-21(4,5)15-6-8-16(9-7-15)28-13-18(24)23-22-12-17-10-11-19(29-17)30(25,26)27/h6-12H,13-14H2,1-5H3,(H,23,24)(H,25,26,27)/b22-12-. The summed E-state index contributed by atoms with van der Waals surface area (Å²) in [6.07, 6.45) is 2.14. The SMILES string of the molecule is CC(C)(C)CC(C)(C)c1ccc(OCC(=O)N/N=C\c2ccc(S(=O)(=O)O)o2)cc1. The summed E-state index contributed by atoms with van der Waals surface area (Å²) in [4.78, 5) is 11.8. The molecule has 2 N–H and O–H groups in total. The lowest BCUT2D eigenvalue weighted by Gasteiger charge is -2.33. The number of nitrogens with one attached hydrogen (secondary N) is 1. The molecule has 0 radical (unpaired) electrons. The first-order valence-corrected chi connectivity index (χ1v) is 10.8. The van der Waals surface area contributed by atoms with E-state index in [9.17, 15) is 13.2 Å². The fraction of sp³-hybridized carbons (Fsp3) is 0.429. The largest absolute Gasteiger partial charge is 0.484 e. The number of nitrogens with zero attached hydrogens (tertiary/aromatic N) is 1. The smallest absolute Gasteiger partial charge is 0.328 e. The molecule has 8 nitrogen and oxygen atoms in total. The van der Waals surface area contributed by atoms with Crippen LogP contribution in [0.5, 0.6) is 5.75 Å². The minimum atomic E-state index is -4.42. The van der Waals surface area contributed by atoms with Gasteiger partial charge in [0.2, 0.25) is 5.09 Å². The zero-order chi connectivity index (χ0) is 22.6. The maximum absolute atomic E-state index is 11.8. The molecule has 1 heterocycles. The Morgan fingerprint density at radius 3 is 2.30 bits per heavy atom. The van der Waals surface area contributed by atoms with E-state index in [4.69, 9.17) is 13.7 Å². The quantitative estimate of drug-likeness (QED) is 0.369. The summed E-state index contributed by atoms with van der Waals surface area (Å²) >= 11 is 0. The van der Waals surface area contributed by atoms with Crippen molar-refractivity contribution in [2.24, 2.45) is 10.5 Å². The fourth-order valence-electron chi connectivity index (χ4n) is 3.32. The van der Waals surface area contributed by atoms with Crippen LogP contribution >= 0.6 is 0 Å². The average molecular weight is 437 g/mol. The van der Waals surface area contributed by atoms with Crippen molar-refractivity contribution in [2.75, 3.05) is 6.61 Å². The molecule has 0 saturated heterocycles. The number of hydrogen-bond acceptors (Lipinski definition) is 6. The van der Waals surface area contributed by atoms with E-state index in [0.717, 1.165) is 18.7 Å². The zero-order valence-electron chi connectivity index (χ0n) is 17.8. The first kappa shape index (κ1) is 23.6. The Morgan fingerprint density at radius 2 is 1.77 bits per heavy atom. The van der Waals surface area contributed by atoms with Crippen molar-refractivity contribution in [3.63, 3.8) is 0 Å². The van der Waals surface area contributed by atoms with Gasteiger partial charge in [0.1, 0.15) is 11.5 Å². The van der Waals surface area contributed by atoms with E-state index in [-0.39, 0.29) is 23.2 Å². The Kier molecular flexibility index (Phi) is 7.10. The molecule has 2 aromatic rings. The van der Waals surface area contributed by atoms with Crippen molar-refractivity contribution in [1.82, 2.24) is 5.43 Å². The van der Waals surface area contributed by atoms with Gasteiger partial charge >= 0.3 is 10.1 Å². The predicted octanol–water partition coefficient (Wildman–Crippen LogP) is 3.77. The summed E-state index contributed by atoms with van der Waals surface area (Å²) < 4.78 is 41.0. The van der Waals surface area contributed by atoms with Crippen LogP contribution in [0, 0.1) is 5.41 Å². The molecule has 0 aliphatic heterocycles. The van der Waals surface area contributed by atoms with Gasteiger partial charge in [-0.1, -0.05) is 46.8 Å². The van der Waals surface area contributed by atoms with Gasteiger partial charge in [-0.05, 0) is 47.1 Å². The first-order chi connectivity index (χ1) is 13.8. The number of rotatable bonds is 8. The molecule has 0 unspecified atom stereocenters. The third kappa shape index (κ3) is 7.31. The average Bonchev–Trinajstić information content (AvgIpc) is 3.07. The molecule has 0 spiro atoms. The molecule has 0 aliphatic rings. The topological polar surface area (TPSA) is 118 Å². The van der Waals surface area contributed by atoms with Crippen molar-refractivity contribution in [1.29, 1.82) is 0 Å². The Balaban J connectivity index is 1.85. The molecule has 0 aliphatic carbocycles. The van der Waals surface area contributed by atoms with E-state index in [1.807, 2.05) is 24.3 Å². The van der Waals surface area contributed by atoms with Gasteiger partial charge in [-0.15, -0.1) is 0 Å². The fourth-order valence-corrected chi connectivity index (χ4v) is 3.76. The Morgan fingerprint density at radius 1 is 1.13 bits per heavy atom. The van der Waals surface area contributed by atoms with Gasteiger partial charge in [-0.25, -0.2) is 5.43 Å². The van der Waals surface area contributed by atoms with Crippen LogP contribution in [0.25, 0.3) is 0 Å². The van der Waals surface area contributed by atoms with E-state index in [1.165, 1.54) is 11.6 Å². The summed E-state index contributed by atoms with van der Waals surface area (Å²) in [5.74, 6) is 0.121. The molecule has 1 amide bonds. The molecular weight excluding hydrogens is 408 g/mol. The van der Waals surface area contributed by atoms with Crippen molar-refractivity contribution >= 4 is 22.2 Å². The number of furan rings is 1. The molecule has 0 fully saturated rings.